The number of benzene rings is 1. The molecule has 0 spiro atoms. The minimum atomic E-state index is -0.0784. The van der Waals surface area contributed by atoms with Crippen molar-refractivity contribution in [3.05, 3.63) is 30.1 Å². The van der Waals surface area contributed by atoms with Crippen molar-refractivity contribution in [1.82, 2.24) is 9.55 Å². The zero-order valence-corrected chi connectivity index (χ0v) is 12.5. The first-order valence-electron chi connectivity index (χ1n) is 7.53. The molecule has 1 aliphatic rings. The van der Waals surface area contributed by atoms with Crippen molar-refractivity contribution in [2.75, 3.05) is 33.5 Å². The highest BCUT2D eigenvalue weighted by Gasteiger charge is 2.37. The lowest BCUT2D eigenvalue weighted by molar-refractivity contribution is 0.0483. The van der Waals surface area contributed by atoms with E-state index in [1.54, 1.807) is 7.11 Å². The van der Waals surface area contributed by atoms with E-state index in [-0.39, 0.29) is 5.41 Å². The fraction of sp³-hybridized carbons (Fsp3) is 0.562. The predicted molar refractivity (Wildman–Crippen MR) is 82.4 cm³/mol. The zero-order valence-electron chi connectivity index (χ0n) is 12.5. The highest BCUT2D eigenvalue weighted by Crippen LogP contribution is 2.35. The number of aromatic nitrogens is 2. The lowest BCUT2D eigenvalue weighted by Gasteiger charge is -2.35. The van der Waals surface area contributed by atoms with Crippen molar-refractivity contribution in [3.8, 4) is 0 Å². The number of hydrogen-bond donors (Lipinski definition) is 1. The maximum Gasteiger partial charge on any atom is 0.117 e. The zero-order chi connectivity index (χ0) is 14.7. The molecular formula is C16H23N3O2. The third-order valence-corrected chi connectivity index (χ3v) is 4.49. The van der Waals surface area contributed by atoms with Crippen LogP contribution in [0, 0.1) is 0 Å². The van der Waals surface area contributed by atoms with Crippen molar-refractivity contribution in [2.24, 2.45) is 5.73 Å². The van der Waals surface area contributed by atoms with Crippen LogP contribution >= 0.6 is 0 Å². The van der Waals surface area contributed by atoms with Gasteiger partial charge in [0.2, 0.25) is 0 Å². The predicted octanol–water partition coefficient (Wildman–Crippen LogP) is 1.69. The molecule has 0 atom stereocenters. The van der Waals surface area contributed by atoms with Crippen LogP contribution in [0.2, 0.25) is 0 Å². The number of nitrogens with two attached hydrogens (primary N) is 1. The first kappa shape index (κ1) is 14.5. The molecule has 114 valence electrons. The first-order valence-corrected chi connectivity index (χ1v) is 7.53. The van der Waals surface area contributed by atoms with E-state index in [1.807, 2.05) is 6.07 Å². The number of ether oxygens (including phenoxy) is 2. The molecule has 1 aromatic heterocycles. The molecule has 1 aromatic carbocycles. The van der Waals surface area contributed by atoms with Gasteiger partial charge < -0.3 is 19.8 Å². The molecule has 0 amide bonds. The van der Waals surface area contributed by atoms with Gasteiger partial charge in [0, 0.05) is 38.8 Å². The molecular weight excluding hydrogens is 266 g/mol. The number of fused-ring (bicyclic) bond motifs is 1. The van der Waals surface area contributed by atoms with E-state index in [4.69, 9.17) is 20.2 Å². The molecule has 2 aromatic rings. The Balaban J connectivity index is 2.10. The average molecular weight is 289 g/mol. The lowest BCUT2D eigenvalue weighted by Crippen LogP contribution is -2.43. The Morgan fingerprint density at radius 1 is 1.33 bits per heavy atom. The highest BCUT2D eigenvalue weighted by molar-refractivity contribution is 5.76. The van der Waals surface area contributed by atoms with Crippen molar-refractivity contribution >= 4 is 11.0 Å². The summed E-state index contributed by atoms with van der Waals surface area (Å²) in [7, 11) is 1.73. The van der Waals surface area contributed by atoms with Gasteiger partial charge in [-0.15, -0.1) is 0 Å². The van der Waals surface area contributed by atoms with Gasteiger partial charge in [0.25, 0.3) is 0 Å². The van der Waals surface area contributed by atoms with Gasteiger partial charge in [0.05, 0.1) is 17.6 Å². The van der Waals surface area contributed by atoms with Crippen LogP contribution in [0.5, 0.6) is 0 Å². The maximum atomic E-state index is 6.15. The smallest absolute Gasteiger partial charge is 0.117 e. The second-order valence-electron chi connectivity index (χ2n) is 5.67. The molecule has 3 rings (SSSR count). The first-order chi connectivity index (χ1) is 10.3. The summed E-state index contributed by atoms with van der Waals surface area (Å²) < 4.78 is 13.1. The topological polar surface area (TPSA) is 62.3 Å². The minimum absolute atomic E-state index is 0.0784. The third-order valence-electron chi connectivity index (χ3n) is 4.49. The van der Waals surface area contributed by atoms with Gasteiger partial charge in [-0.25, -0.2) is 4.98 Å². The van der Waals surface area contributed by atoms with Gasteiger partial charge in [0.15, 0.2) is 0 Å². The minimum Gasteiger partial charge on any atom is -0.383 e. The summed E-state index contributed by atoms with van der Waals surface area (Å²) in [5.74, 6) is 1.09. The van der Waals surface area contributed by atoms with Crippen molar-refractivity contribution < 1.29 is 9.47 Å². The Bertz CT molecular complexity index is 603. The molecule has 21 heavy (non-hydrogen) atoms. The summed E-state index contributed by atoms with van der Waals surface area (Å²) in [5.41, 5.74) is 8.26. The van der Waals surface area contributed by atoms with Gasteiger partial charge in [-0.05, 0) is 25.0 Å². The summed E-state index contributed by atoms with van der Waals surface area (Å²) in [6.45, 7) is 3.58. The molecule has 1 aliphatic heterocycles. The molecule has 2 N–H and O–H groups in total. The van der Waals surface area contributed by atoms with Crippen LogP contribution < -0.4 is 5.73 Å². The molecule has 0 aliphatic carbocycles. The fourth-order valence-electron chi connectivity index (χ4n) is 3.17. The number of methoxy groups -OCH3 is 1. The molecule has 1 saturated heterocycles. The van der Waals surface area contributed by atoms with Gasteiger partial charge >= 0.3 is 0 Å². The Hall–Kier alpha value is -1.43. The number of rotatable bonds is 5. The Labute approximate surface area is 125 Å². The molecule has 0 unspecified atom stereocenters. The Kier molecular flexibility index (Phi) is 4.24. The van der Waals surface area contributed by atoms with E-state index in [0.717, 1.165) is 49.5 Å². The number of nitrogens with zero attached hydrogens (tertiary/aromatic N) is 2. The summed E-state index contributed by atoms with van der Waals surface area (Å²) in [6, 6.07) is 8.26. The van der Waals surface area contributed by atoms with Crippen LogP contribution in [0.1, 0.15) is 18.7 Å². The third kappa shape index (κ3) is 2.57. The Morgan fingerprint density at radius 3 is 2.81 bits per heavy atom. The van der Waals surface area contributed by atoms with Gasteiger partial charge in [-0.2, -0.15) is 0 Å². The van der Waals surface area contributed by atoms with Gasteiger partial charge in [-0.3, -0.25) is 0 Å². The van der Waals surface area contributed by atoms with E-state index in [1.165, 1.54) is 0 Å². The highest BCUT2D eigenvalue weighted by atomic mass is 16.5. The maximum absolute atomic E-state index is 6.15. The van der Waals surface area contributed by atoms with E-state index < -0.39 is 0 Å². The Morgan fingerprint density at radius 2 is 2.10 bits per heavy atom. The van der Waals surface area contributed by atoms with Crippen LogP contribution in [0.3, 0.4) is 0 Å². The van der Waals surface area contributed by atoms with Gasteiger partial charge in [0.1, 0.15) is 5.82 Å². The SMILES string of the molecule is COCCn1c(C2(CN)CCOCC2)nc2ccccc21. The quantitative estimate of drug-likeness (QED) is 0.910. The normalized spacial score (nSPS) is 18.2. The van der Waals surface area contributed by atoms with E-state index in [9.17, 15) is 0 Å². The summed E-state index contributed by atoms with van der Waals surface area (Å²) >= 11 is 0. The molecule has 0 radical (unpaired) electrons. The van der Waals surface area contributed by atoms with Gasteiger partial charge in [-0.1, -0.05) is 12.1 Å². The second kappa shape index (κ2) is 6.13. The average Bonchev–Trinajstić information content (AvgIpc) is 2.93. The molecule has 1 fully saturated rings. The van der Waals surface area contributed by atoms with Crippen LogP contribution in [-0.2, 0) is 21.4 Å². The molecule has 5 heteroatoms. The second-order valence-corrected chi connectivity index (χ2v) is 5.67. The van der Waals surface area contributed by atoms with Crippen molar-refractivity contribution in [2.45, 2.75) is 24.8 Å². The fourth-order valence-corrected chi connectivity index (χ4v) is 3.17. The monoisotopic (exact) mass is 289 g/mol. The van der Waals surface area contributed by atoms with E-state index in [2.05, 4.69) is 22.8 Å². The number of imidazole rings is 1. The molecule has 0 saturated carbocycles. The molecule has 0 bridgehead atoms. The van der Waals surface area contributed by atoms with E-state index >= 15 is 0 Å². The summed E-state index contributed by atoms with van der Waals surface area (Å²) in [6.07, 6.45) is 1.86. The van der Waals surface area contributed by atoms with E-state index in [0.29, 0.717) is 13.2 Å². The van der Waals surface area contributed by atoms with Crippen molar-refractivity contribution in [1.29, 1.82) is 0 Å². The number of para-hydroxylation sites is 2. The largest absolute Gasteiger partial charge is 0.383 e. The molecule has 5 nitrogen and oxygen atoms in total. The van der Waals surface area contributed by atoms with Crippen LogP contribution in [-0.4, -0.2) is 43.0 Å². The van der Waals surface area contributed by atoms with Crippen LogP contribution in [0.4, 0.5) is 0 Å². The standard InChI is InChI=1S/C16H23N3O2/c1-20-11-8-19-14-5-3-2-4-13(14)18-15(19)16(12-17)6-9-21-10-7-16/h2-5H,6-12,17H2,1H3. The lowest BCUT2D eigenvalue weighted by atomic mass is 9.79. The van der Waals surface area contributed by atoms with Crippen LogP contribution in [0.25, 0.3) is 11.0 Å². The summed E-state index contributed by atoms with van der Waals surface area (Å²) in [4.78, 5) is 4.90. The summed E-state index contributed by atoms with van der Waals surface area (Å²) in [5, 5.41) is 0. The van der Waals surface area contributed by atoms with Crippen molar-refractivity contribution in [3.63, 3.8) is 0 Å². The molecule has 2 heterocycles. The van der Waals surface area contributed by atoms with Crippen LogP contribution in [0.15, 0.2) is 24.3 Å². The number of hydrogen-bond acceptors (Lipinski definition) is 4.